The Morgan fingerprint density at radius 3 is 1.63 bits per heavy atom. The van der Waals surface area contributed by atoms with Gasteiger partial charge in [-0.1, -0.05) is 33.6 Å². The van der Waals surface area contributed by atoms with E-state index < -0.39 is 5.97 Å². The first-order valence-electron chi connectivity index (χ1n) is 19.1. The van der Waals surface area contributed by atoms with Gasteiger partial charge in [-0.3, -0.25) is 14.2 Å². The highest BCUT2D eigenvalue weighted by molar-refractivity contribution is 6.34. The molecule has 6 rings (SSSR count). The second kappa shape index (κ2) is 23.5. The first kappa shape index (κ1) is 45.0. The van der Waals surface area contributed by atoms with Crippen molar-refractivity contribution in [2.45, 2.75) is 51.6 Å². The number of carbonyl (C=O) groups excluding carboxylic acids is 1. The number of aryl methyl sites for hydroxylation is 2. The average Bonchev–Trinajstić information content (AvgIpc) is 3.95. The number of nitrogens with zero attached hydrogens (tertiary/aromatic N) is 8. The van der Waals surface area contributed by atoms with Gasteiger partial charge in [-0.05, 0) is 108 Å². The minimum Gasteiger partial charge on any atom is -0.496 e. The number of carboxylic acids is 1. The van der Waals surface area contributed by atoms with Gasteiger partial charge < -0.3 is 46.9 Å². The summed E-state index contributed by atoms with van der Waals surface area (Å²) in [5.74, 6) is 0.584. The first-order valence-corrected chi connectivity index (χ1v) is 19.9. The molecule has 1 amide bonds. The van der Waals surface area contributed by atoms with Crippen molar-refractivity contribution in [3.8, 4) is 11.5 Å². The number of nitrogen functional groups attached to an aromatic ring is 2. The van der Waals surface area contributed by atoms with Crippen LogP contribution < -0.4 is 32.0 Å². The zero-order chi connectivity index (χ0) is 41.2. The molecular formula is C38H56Cl2N12O5. The summed E-state index contributed by atoms with van der Waals surface area (Å²) in [6, 6.07) is 5.78. The fraction of sp³-hybridized carbons (Fsp3) is 0.526. The Kier molecular flexibility index (Phi) is 18.6. The topological polar surface area (TPSA) is 231 Å². The lowest BCUT2D eigenvalue weighted by Gasteiger charge is -2.32. The second-order valence-electron chi connectivity index (χ2n) is 14.0. The van der Waals surface area contributed by atoms with E-state index in [-0.39, 0.29) is 22.2 Å². The van der Waals surface area contributed by atoms with Crippen LogP contribution in [0.25, 0.3) is 0 Å². The summed E-state index contributed by atoms with van der Waals surface area (Å²) < 4.78 is 13.8. The predicted molar refractivity (Wildman–Crippen MR) is 221 cm³/mol. The van der Waals surface area contributed by atoms with Crippen LogP contribution in [0.5, 0.6) is 11.5 Å². The van der Waals surface area contributed by atoms with Crippen molar-refractivity contribution in [1.29, 1.82) is 0 Å². The van der Waals surface area contributed by atoms with Gasteiger partial charge in [0.15, 0.2) is 0 Å². The zero-order valence-electron chi connectivity index (χ0n) is 32.7. The smallest absolute Gasteiger partial charge is 0.339 e. The van der Waals surface area contributed by atoms with Gasteiger partial charge in [-0.2, -0.15) is 0 Å². The first-order chi connectivity index (χ1) is 27.5. The molecular weight excluding hydrogens is 775 g/mol. The second-order valence-corrected chi connectivity index (χ2v) is 14.8. The standard InChI is InChI=1S/C19H27ClN6O2.C11H21N5.C8H8ClNO3/c1-28-18-12-17(21)16(20)11-15(18)19(27)22-13-14-3-8-25(9-4-14)6-2-7-26-10-5-23-24-26;12-10-11-2-7-15(8-3-11)5-1-6-16-9-4-13-14-16;1-13-7-3-6(10)5(9)2-4(7)8(11)12/h5,10-12,14H,2-4,6-9,13,21H2,1H3,(H,22,27);4,9,11H,1-3,5-8,10,12H2;2-3H,10H2,1H3,(H,11,12). The largest absolute Gasteiger partial charge is 0.496 e. The third-order valence-electron chi connectivity index (χ3n) is 10.1. The monoisotopic (exact) mass is 830 g/mol. The number of nitrogens with one attached hydrogen (secondary N) is 1. The summed E-state index contributed by atoms with van der Waals surface area (Å²) in [4.78, 5) is 28.2. The molecule has 0 aliphatic carbocycles. The summed E-state index contributed by atoms with van der Waals surface area (Å²) in [7, 11) is 2.88. The number of amides is 1. The molecule has 2 fully saturated rings. The van der Waals surface area contributed by atoms with Crippen LogP contribution in [0.1, 0.15) is 59.2 Å². The molecule has 0 atom stereocenters. The summed E-state index contributed by atoms with van der Waals surface area (Å²) in [5, 5.41) is 27.9. The SMILES string of the molecule is COc1cc(N)c(Cl)cc1C(=O)NCC1CCN(CCCn2ccnn2)CC1.COc1cc(N)c(Cl)cc1C(=O)O.NCC1CCN(CCCn2ccnn2)CC1. The van der Waals surface area contributed by atoms with Crippen LogP contribution >= 0.6 is 23.2 Å². The minimum absolute atomic E-state index is 0.00157. The summed E-state index contributed by atoms with van der Waals surface area (Å²) in [6.45, 7) is 10.1. The van der Waals surface area contributed by atoms with Gasteiger partial charge in [0.05, 0.1) is 53.6 Å². The molecule has 17 nitrogen and oxygen atoms in total. The van der Waals surface area contributed by atoms with E-state index in [9.17, 15) is 9.59 Å². The third-order valence-corrected chi connectivity index (χ3v) is 10.7. The molecule has 19 heteroatoms. The van der Waals surface area contributed by atoms with Crippen LogP contribution in [-0.2, 0) is 13.1 Å². The van der Waals surface area contributed by atoms with Crippen LogP contribution in [0.4, 0.5) is 11.4 Å². The number of methoxy groups -OCH3 is 2. The van der Waals surface area contributed by atoms with Crippen LogP contribution in [0.2, 0.25) is 10.0 Å². The lowest BCUT2D eigenvalue weighted by molar-refractivity contribution is 0.0693. The van der Waals surface area contributed by atoms with Crippen molar-refractivity contribution in [1.82, 2.24) is 45.1 Å². The number of ether oxygens (including phenoxy) is 2. The number of piperidine rings is 2. The lowest BCUT2D eigenvalue weighted by atomic mass is 9.96. The van der Waals surface area contributed by atoms with E-state index in [0.29, 0.717) is 40.2 Å². The van der Waals surface area contributed by atoms with Crippen LogP contribution in [0, 0.1) is 11.8 Å². The normalized spacial score (nSPS) is 15.2. The van der Waals surface area contributed by atoms with E-state index in [4.69, 9.17) is 55.0 Å². The van der Waals surface area contributed by atoms with Gasteiger partial charge >= 0.3 is 5.97 Å². The molecule has 8 N–H and O–H groups in total. The third kappa shape index (κ3) is 14.6. The van der Waals surface area contributed by atoms with Crippen molar-refractivity contribution >= 4 is 46.5 Å². The van der Waals surface area contributed by atoms with Gasteiger partial charge in [-0.15, -0.1) is 10.2 Å². The van der Waals surface area contributed by atoms with Crippen molar-refractivity contribution in [2.24, 2.45) is 17.6 Å². The molecule has 2 aromatic carbocycles. The van der Waals surface area contributed by atoms with Crippen LogP contribution in [0.15, 0.2) is 49.1 Å². The molecule has 0 spiro atoms. The molecule has 312 valence electrons. The quantitative estimate of drug-likeness (QED) is 0.107. The number of rotatable bonds is 15. The number of anilines is 2. The van der Waals surface area contributed by atoms with Crippen molar-refractivity contribution in [3.63, 3.8) is 0 Å². The highest BCUT2D eigenvalue weighted by atomic mass is 35.5. The van der Waals surface area contributed by atoms with Gasteiger partial charge in [0.2, 0.25) is 0 Å². The number of hydrogen-bond acceptors (Lipinski definition) is 13. The highest BCUT2D eigenvalue weighted by Crippen LogP contribution is 2.30. The predicted octanol–water partition coefficient (Wildman–Crippen LogP) is 4.02. The molecule has 4 aromatic rings. The Morgan fingerprint density at radius 2 is 1.21 bits per heavy atom. The highest BCUT2D eigenvalue weighted by Gasteiger charge is 2.22. The molecule has 2 saturated heterocycles. The average molecular weight is 832 g/mol. The Labute approximate surface area is 343 Å². The Bertz CT molecular complexity index is 1800. The number of carbonyl (C=O) groups is 2. The molecule has 0 bridgehead atoms. The maximum atomic E-state index is 12.5. The summed E-state index contributed by atoms with van der Waals surface area (Å²) in [6.07, 6.45) is 14.1. The number of carboxylic acid groups (broad SMARTS) is 1. The number of benzene rings is 2. The molecule has 0 unspecified atom stereocenters. The maximum absolute atomic E-state index is 12.5. The van der Waals surface area contributed by atoms with E-state index in [1.165, 1.54) is 52.3 Å². The van der Waals surface area contributed by atoms with E-state index in [0.717, 1.165) is 77.4 Å². The maximum Gasteiger partial charge on any atom is 0.339 e. The van der Waals surface area contributed by atoms with Crippen LogP contribution in [0.3, 0.4) is 0 Å². The van der Waals surface area contributed by atoms with E-state index in [2.05, 4.69) is 35.7 Å². The number of aromatic nitrogens is 6. The number of aromatic carboxylic acids is 1. The van der Waals surface area contributed by atoms with Gasteiger partial charge in [0.25, 0.3) is 5.91 Å². The van der Waals surface area contributed by atoms with Crippen molar-refractivity contribution in [2.75, 3.05) is 78.0 Å². The molecule has 2 aromatic heterocycles. The molecule has 2 aliphatic rings. The van der Waals surface area contributed by atoms with Gasteiger partial charge in [0, 0.05) is 44.2 Å². The van der Waals surface area contributed by atoms with Crippen molar-refractivity contribution < 1.29 is 24.2 Å². The molecule has 2 aliphatic heterocycles. The molecule has 4 heterocycles. The fourth-order valence-corrected chi connectivity index (χ4v) is 6.96. The van der Waals surface area contributed by atoms with Crippen LogP contribution in [-0.4, -0.2) is 123 Å². The van der Waals surface area contributed by atoms with E-state index in [1.807, 2.05) is 21.8 Å². The Hall–Kier alpha value is -4.68. The minimum atomic E-state index is -1.10. The number of likely N-dealkylation sites (tertiary alicyclic amines) is 2. The Balaban J connectivity index is 0.000000209. The number of hydrogen-bond donors (Lipinski definition) is 5. The van der Waals surface area contributed by atoms with E-state index >= 15 is 0 Å². The fourth-order valence-electron chi connectivity index (χ4n) is 6.63. The summed E-state index contributed by atoms with van der Waals surface area (Å²) >= 11 is 11.7. The zero-order valence-corrected chi connectivity index (χ0v) is 34.2. The number of nitrogens with two attached hydrogens (primary N) is 3. The lowest BCUT2D eigenvalue weighted by Crippen LogP contribution is -2.39. The van der Waals surface area contributed by atoms with E-state index in [1.54, 1.807) is 24.5 Å². The number of halogens is 2. The summed E-state index contributed by atoms with van der Waals surface area (Å²) in [5.41, 5.74) is 18.0. The molecule has 0 radical (unpaired) electrons. The Morgan fingerprint density at radius 1 is 0.754 bits per heavy atom. The van der Waals surface area contributed by atoms with Crippen molar-refractivity contribution in [3.05, 3.63) is 70.2 Å². The van der Waals surface area contributed by atoms with Gasteiger partial charge in [0.1, 0.15) is 17.1 Å². The molecule has 0 saturated carbocycles. The molecule has 57 heavy (non-hydrogen) atoms. The van der Waals surface area contributed by atoms with Gasteiger partial charge in [-0.25, -0.2) is 4.79 Å².